The van der Waals surface area contributed by atoms with E-state index < -0.39 is 0 Å². The smallest absolute Gasteiger partial charge is 0.242 e. The zero-order valence-electron chi connectivity index (χ0n) is 20.2. The molecule has 0 aliphatic carbocycles. The lowest BCUT2D eigenvalue weighted by Gasteiger charge is -2.37. The third-order valence-electron chi connectivity index (χ3n) is 6.38. The summed E-state index contributed by atoms with van der Waals surface area (Å²) in [5.74, 6) is 0.789. The first kappa shape index (κ1) is 24.2. The van der Waals surface area contributed by atoms with Gasteiger partial charge in [0.15, 0.2) is 5.65 Å². The van der Waals surface area contributed by atoms with E-state index in [1.54, 1.807) is 12.4 Å². The molecule has 1 saturated heterocycles. The van der Waals surface area contributed by atoms with Crippen molar-refractivity contribution in [2.24, 2.45) is 0 Å². The Balaban J connectivity index is 1.30. The Morgan fingerprint density at radius 1 is 1.03 bits per heavy atom. The third kappa shape index (κ3) is 4.79. The van der Waals surface area contributed by atoms with Crippen molar-refractivity contribution in [3.8, 4) is 11.3 Å². The summed E-state index contributed by atoms with van der Waals surface area (Å²) in [5.41, 5.74) is 4.38. The van der Waals surface area contributed by atoms with Crippen LogP contribution in [0.5, 0.6) is 0 Å². The van der Waals surface area contributed by atoms with Gasteiger partial charge in [0.25, 0.3) is 0 Å². The molecule has 10 heteroatoms. The number of piperazine rings is 1. The fourth-order valence-corrected chi connectivity index (χ4v) is 5.07. The molecule has 1 fully saturated rings. The molecule has 1 amide bonds. The number of hydrogen-bond donors (Lipinski definition) is 1. The summed E-state index contributed by atoms with van der Waals surface area (Å²) in [4.78, 5) is 28.1. The minimum atomic E-state index is 0.0258. The molecule has 186 valence electrons. The first-order valence-electron chi connectivity index (χ1n) is 11.7. The van der Waals surface area contributed by atoms with E-state index in [0.717, 1.165) is 28.5 Å². The number of carbonyl (C=O) groups is 1. The number of carbonyl (C=O) groups excluding carboxylic acids is 1. The lowest BCUT2D eigenvalue weighted by atomic mass is 10.1. The van der Waals surface area contributed by atoms with Gasteiger partial charge in [-0.25, -0.2) is 4.98 Å². The van der Waals surface area contributed by atoms with E-state index in [2.05, 4.69) is 32.2 Å². The van der Waals surface area contributed by atoms with E-state index in [1.165, 1.54) is 0 Å². The average molecular weight is 524 g/mol. The van der Waals surface area contributed by atoms with Gasteiger partial charge in [0.1, 0.15) is 11.5 Å². The highest BCUT2D eigenvalue weighted by Crippen LogP contribution is 2.34. The Bertz CT molecular complexity index is 1360. The Morgan fingerprint density at radius 2 is 1.72 bits per heavy atom. The van der Waals surface area contributed by atoms with Crippen LogP contribution in [0.25, 0.3) is 16.9 Å². The summed E-state index contributed by atoms with van der Waals surface area (Å²) in [5, 5.41) is 4.59. The monoisotopic (exact) mass is 523 g/mol. The molecule has 3 heterocycles. The molecular weight excluding hydrogens is 497 g/mol. The van der Waals surface area contributed by atoms with E-state index in [9.17, 15) is 4.79 Å². The molecule has 1 aliphatic rings. The molecule has 0 unspecified atom stereocenters. The minimum Gasteiger partial charge on any atom is -0.378 e. The van der Waals surface area contributed by atoms with Crippen LogP contribution in [0, 0.1) is 0 Å². The largest absolute Gasteiger partial charge is 0.378 e. The van der Waals surface area contributed by atoms with Gasteiger partial charge in [-0.3, -0.25) is 14.2 Å². The number of para-hydroxylation sites is 1. The zero-order valence-corrected chi connectivity index (χ0v) is 21.7. The van der Waals surface area contributed by atoms with Crippen molar-refractivity contribution in [3.05, 3.63) is 71.1 Å². The minimum absolute atomic E-state index is 0.0258. The summed E-state index contributed by atoms with van der Waals surface area (Å²) in [7, 11) is 4.01. The molecule has 5 rings (SSSR count). The van der Waals surface area contributed by atoms with Crippen molar-refractivity contribution >= 4 is 51.9 Å². The fourth-order valence-electron chi connectivity index (χ4n) is 4.44. The molecule has 0 radical (unpaired) electrons. The lowest BCUT2D eigenvalue weighted by Crippen LogP contribution is -2.50. The van der Waals surface area contributed by atoms with Gasteiger partial charge in [-0.1, -0.05) is 41.4 Å². The molecule has 0 bridgehead atoms. The number of nitrogens with one attached hydrogen (secondary N) is 1. The maximum absolute atomic E-state index is 13.1. The van der Waals surface area contributed by atoms with Gasteiger partial charge in [-0.15, -0.1) is 0 Å². The van der Waals surface area contributed by atoms with Crippen LogP contribution in [0.4, 0.5) is 17.2 Å². The van der Waals surface area contributed by atoms with E-state index in [1.807, 2.05) is 59.9 Å². The number of hydrogen-bond acceptors (Lipinski definition) is 6. The number of benzene rings is 2. The van der Waals surface area contributed by atoms with Crippen molar-refractivity contribution in [1.82, 2.24) is 19.3 Å². The molecule has 1 aliphatic heterocycles. The van der Waals surface area contributed by atoms with E-state index >= 15 is 0 Å². The molecule has 2 aromatic heterocycles. The van der Waals surface area contributed by atoms with Crippen LogP contribution in [0.3, 0.4) is 0 Å². The molecule has 4 aromatic rings. The number of rotatable bonds is 6. The normalized spacial score (nSPS) is 13.8. The predicted octanol–water partition coefficient (Wildman–Crippen LogP) is 4.53. The van der Waals surface area contributed by atoms with Gasteiger partial charge in [0, 0.05) is 63.9 Å². The molecule has 8 nitrogen and oxygen atoms in total. The van der Waals surface area contributed by atoms with Crippen LogP contribution in [0.2, 0.25) is 10.0 Å². The average Bonchev–Trinajstić information content (AvgIpc) is 3.26. The Morgan fingerprint density at radius 3 is 2.39 bits per heavy atom. The van der Waals surface area contributed by atoms with Gasteiger partial charge < -0.3 is 20.0 Å². The number of amides is 1. The van der Waals surface area contributed by atoms with Crippen LogP contribution in [0.15, 0.2) is 61.1 Å². The summed E-state index contributed by atoms with van der Waals surface area (Å²) in [6.45, 7) is 2.68. The van der Waals surface area contributed by atoms with Crippen LogP contribution in [-0.4, -0.2) is 72.0 Å². The lowest BCUT2D eigenvalue weighted by molar-refractivity contribution is -0.129. The van der Waals surface area contributed by atoms with E-state index in [4.69, 9.17) is 28.2 Å². The SMILES string of the molecule is CN(C)c1ccc(-c2nc3cnccn3c2NCC(=O)N2CCN(c3c(Cl)cccc3Cl)CC2)cc1. The van der Waals surface area contributed by atoms with Gasteiger partial charge in [0.2, 0.25) is 5.91 Å². The molecule has 0 spiro atoms. The van der Waals surface area contributed by atoms with Gasteiger partial charge in [0.05, 0.1) is 28.5 Å². The quantitative estimate of drug-likeness (QED) is 0.400. The van der Waals surface area contributed by atoms with Crippen LogP contribution < -0.4 is 15.1 Å². The topological polar surface area (TPSA) is 69.0 Å². The zero-order chi connectivity index (χ0) is 25.2. The number of halogens is 2. The van der Waals surface area contributed by atoms with Crippen molar-refractivity contribution < 1.29 is 4.79 Å². The molecule has 0 atom stereocenters. The van der Waals surface area contributed by atoms with Crippen LogP contribution in [-0.2, 0) is 4.79 Å². The molecule has 0 saturated carbocycles. The summed E-state index contributed by atoms with van der Waals surface area (Å²) < 4.78 is 1.92. The van der Waals surface area contributed by atoms with Crippen molar-refractivity contribution in [2.45, 2.75) is 0 Å². The van der Waals surface area contributed by atoms with Crippen molar-refractivity contribution in [1.29, 1.82) is 0 Å². The molecule has 2 aromatic carbocycles. The molecule has 36 heavy (non-hydrogen) atoms. The van der Waals surface area contributed by atoms with Gasteiger partial charge in [-0.05, 0) is 24.3 Å². The fraction of sp³-hybridized carbons (Fsp3) is 0.269. The second-order valence-electron chi connectivity index (χ2n) is 8.85. The maximum atomic E-state index is 13.1. The first-order valence-corrected chi connectivity index (χ1v) is 12.5. The standard InChI is InChI=1S/C26H27Cl2N7O/c1-32(2)19-8-6-18(7-9-19)24-26(35-11-10-29-16-22(35)31-24)30-17-23(36)33-12-14-34(15-13-33)25-20(27)4-3-5-21(25)28/h3-11,16,30H,12-15,17H2,1-2H3. The van der Waals surface area contributed by atoms with Gasteiger partial charge in [-0.2, -0.15) is 0 Å². The first-order chi connectivity index (χ1) is 17.4. The summed E-state index contributed by atoms with van der Waals surface area (Å²) in [6.07, 6.45) is 5.27. The Kier molecular flexibility index (Phi) is 6.89. The Hall–Kier alpha value is -3.49. The predicted molar refractivity (Wildman–Crippen MR) is 146 cm³/mol. The molecule has 1 N–H and O–H groups in total. The number of fused-ring (bicyclic) bond motifs is 1. The van der Waals surface area contributed by atoms with Crippen LogP contribution >= 0.6 is 23.2 Å². The van der Waals surface area contributed by atoms with Crippen LogP contribution in [0.1, 0.15) is 0 Å². The highest BCUT2D eigenvalue weighted by Gasteiger charge is 2.24. The summed E-state index contributed by atoms with van der Waals surface area (Å²) in [6, 6.07) is 13.7. The van der Waals surface area contributed by atoms with E-state index in [0.29, 0.717) is 41.9 Å². The Labute approximate surface area is 220 Å². The summed E-state index contributed by atoms with van der Waals surface area (Å²) >= 11 is 12.7. The van der Waals surface area contributed by atoms with Crippen molar-refractivity contribution in [3.63, 3.8) is 0 Å². The second-order valence-corrected chi connectivity index (χ2v) is 9.66. The number of nitrogens with zero attached hydrogens (tertiary/aromatic N) is 6. The molecular formula is C26H27Cl2N7O. The second kappa shape index (κ2) is 10.2. The number of imidazole rings is 1. The van der Waals surface area contributed by atoms with Gasteiger partial charge >= 0.3 is 0 Å². The highest BCUT2D eigenvalue weighted by atomic mass is 35.5. The number of anilines is 3. The maximum Gasteiger partial charge on any atom is 0.242 e. The highest BCUT2D eigenvalue weighted by molar-refractivity contribution is 6.39. The number of aromatic nitrogens is 3. The third-order valence-corrected chi connectivity index (χ3v) is 6.99. The van der Waals surface area contributed by atoms with Crippen molar-refractivity contribution in [2.75, 3.05) is 61.9 Å². The van der Waals surface area contributed by atoms with E-state index in [-0.39, 0.29) is 12.5 Å².